The molecule has 0 radical (unpaired) electrons. The second kappa shape index (κ2) is 6.64. The number of unbranched alkanes of at least 4 members (excludes halogenated alkanes) is 1. The van der Waals surface area contributed by atoms with E-state index in [9.17, 15) is 0 Å². The van der Waals surface area contributed by atoms with Crippen molar-refractivity contribution < 1.29 is 4.42 Å². The third kappa shape index (κ3) is 4.49. The predicted octanol–water partition coefficient (Wildman–Crippen LogP) is 2.23. The molecule has 1 aromatic rings. The molecule has 0 unspecified atom stereocenters. The second-order valence-corrected chi connectivity index (χ2v) is 3.99. The minimum absolute atomic E-state index is 0.804. The highest BCUT2D eigenvalue weighted by Gasteiger charge is 2.04. The van der Waals surface area contributed by atoms with E-state index >= 15 is 0 Å². The molecule has 0 saturated heterocycles. The van der Waals surface area contributed by atoms with Gasteiger partial charge in [-0.2, -0.15) is 0 Å². The first-order valence-electron chi connectivity index (χ1n) is 5.67. The Labute approximate surface area is 92.5 Å². The Bertz CT molecular complexity index is 270. The summed E-state index contributed by atoms with van der Waals surface area (Å²) in [6.45, 7) is 5.06. The van der Waals surface area contributed by atoms with Gasteiger partial charge in [0.15, 0.2) is 0 Å². The predicted molar refractivity (Wildman–Crippen MR) is 62.7 cm³/mol. The fourth-order valence-corrected chi connectivity index (χ4v) is 1.55. The Morgan fingerprint density at radius 1 is 1.33 bits per heavy atom. The minimum Gasteiger partial charge on any atom is -0.463 e. The maximum absolute atomic E-state index is 5.67. The van der Waals surface area contributed by atoms with Crippen molar-refractivity contribution in [1.82, 2.24) is 10.2 Å². The molecule has 3 nitrogen and oxygen atoms in total. The van der Waals surface area contributed by atoms with Crippen LogP contribution >= 0.6 is 0 Å². The van der Waals surface area contributed by atoms with Gasteiger partial charge >= 0.3 is 0 Å². The normalized spacial score (nSPS) is 11.2. The average molecular weight is 210 g/mol. The van der Waals surface area contributed by atoms with Gasteiger partial charge in [-0.3, -0.25) is 4.90 Å². The highest BCUT2D eigenvalue weighted by molar-refractivity contribution is 5.06. The zero-order chi connectivity index (χ0) is 11.1. The van der Waals surface area contributed by atoms with Crippen molar-refractivity contribution in [3.63, 3.8) is 0 Å². The zero-order valence-corrected chi connectivity index (χ0v) is 10.0. The fourth-order valence-electron chi connectivity index (χ4n) is 1.55. The Morgan fingerprint density at radius 3 is 2.73 bits per heavy atom. The lowest BCUT2D eigenvalue weighted by molar-refractivity contribution is 0.286. The standard InChI is InChI=1S/C12H22N2O/c1-4-5-8-14(3)10-12-7-6-11(15-12)9-13-2/h6-7,13H,4-5,8-10H2,1-3H3. The quantitative estimate of drug-likeness (QED) is 0.748. The van der Waals surface area contributed by atoms with Crippen LogP contribution in [0.5, 0.6) is 0 Å². The average Bonchev–Trinajstić information content (AvgIpc) is 2.63. The Balaban J connectivity index is 2.35. The molecule has 0 saturated carbocycles. The van der Waals surface area contributed by atoms with Gasteiger partial charge in [-0.25, -0.2) is 0 Å². The van der Waals surface area contributed by atoms with E-state index in [2.05, 4.69) is 30.3 Å². The minimum atomic E-state index is 0.804. The van der Waals surface area contributed by atoms with Crippen molar-refractivity contribution in [2.24, 2.45) is 0 Å². The van der Waals surface area contributed by atoms with E-state index in [0.717, 1.165) is 31.2 Å². The van der Waals surface area contributed by atoms with Gasteiger partial charge in [0.25, 0.3) is 0 Å². The Kier molecular flexibility index (Phi) is 5.43. The molecule has 0 bridgehead atoms. The van der Waals surface area contributed by atoms with Crippen molar-refractivity contribution >= 4 is 0 Å². The van der Waals surface area contributed by atoms with Crippen LogP contribution in [0.2, 0.25) is 0 Å². The molecular formula is C12H22N2O. The van der Waals surface area contributed by atoms with Crippen molar-refractivity contribution in [3.05, 3.63) is 23.7 Å². The van der Waals surface area contributed by atoms with Crippen molar-refractivity contribution in [2.75, 3.05) is 20.6 Å². The molecule has 15 heavy (non-hydrogen) atoms. The molecule has 0 aromatic carbocycles. The summed E-state index contributed by atoms with van der Waals surface area (Å²) in [7, 11) is 4.06. The third-order valence-electron chi connectivity index (χ3n) is 2.39. The Morgan fingerprint density at radius 2 is 2.07 bits per heavy atom. The molecule has 0 amide bonds. The summed E-state index contributed by atoms with van der Waals surface area (Å²) in [4.78, 5) is 2.30. The second-order valence-electron chi connectivity index (χ2n) is 3.99. The van der Waals surface area contributed by atoms with E-state index in [-0.39, 0.29) is 0 Å². The first-order chi connectivity index (χ1) is 7.26. The van der Waals surface area contributed by atoms with Crippen LogP contribution < -0.4 is 5.32 Å². The molecule has 86 valence electrons. The van der Waals surface area contributed by atoms with Gasteiger partial charge in [-0.15, -0.1) is 0 Å². The lowest BCUT2D eigenvalue weighted by atomic mass is 10.3. The van der Waals surface area contributed by atoms with Gasteiger partial charge < -0.3 is 9.73 Å². The molecule has 1 aromatic heterocycles. The van der Waals surface area contributed by atoms with Gasteiger partial charge in [0.1, 0.15) is 11.5 Å². The van der Waals surface area contributed by atoms with E-state index in [1.54, 1.807) is 0 Å². The van der Waals surface area contributed by atoms with Gasteiger partial charge in [0.05, 0.1) is 13.1 Å². The maximum Gasteiger partial charge on any atom is 0.118 e. The molecule has 1 N–H and O–H groups in total. The molecule has 0 aliphatic rings. The number of nitrogens with one attached hydrogen (secondary N) is 1. The summed E-state index contributed by atoms with van der Waals surface area (Å²) in [6, 6.07) is 4.11. The Hall–Kier alpha value is -0.800. The lowest BCUT2D eigenvalue weighted by Gasteiger charge is -2.13. The number of hydrogen-bond donors (Lipinski definition) is 1. The molecule has 0 aliphatic heterocycles. The van der Waals surface area contributed by atoms with E-state index in [0.29, 0.717) is 0 Å². The van der Waals surface area contributed by atoms with Crippen LogP contribution in [0.4, 0.5) is 0 Å². The highest BCUT2D eigenvalue weighted by atomic mass is 16.3. The summed E-state index contributed by atoms with van der Waals surface area (Å²) in [5.74, 6) is 2.07. The smallest absolute Gasteiger partial charge is 0.118 e. The van der Waals surface area contributed by atoms with Crippen LogP contribution in [0.25, 0.3) is 0 Å². The van der Waals surface area contributed by atoms with Gasteiger partial charge in [0, 0.05) is 0 Å². The monoisotopic (exact) mass is 210 g/mol. The molecule has 0 atom stereocenters. The highest BCUT2D eigenvalue weighted by Crippen LogP contribution is 2.10. The molecule has 3 heteroatoms. The topological polar surface area (TPSA) is 28.4 Å². The summed E-state index contributed by atoms with van der Waals surface area (Å²) in [5.41, 5.74) is 0. The van der Waals surface area contributed by atoms with Crippen molar-refractivity contribution in [3.8, 4) is 0 Å². The number of nitrogens with zero attached hydrogens (tertiary/aromatic N) is 1. The maximum atomic E-state index is 5.67. The molecule has 0 fully saturated rings. The largest absolute Gasteiger partial charge is 0.463 e. The molecule has 1 rings (SSSR count). The number of hydrogen-bond acceptors (Lipinski definition) is 3. The first-order valence-corrected chi connectivity index (χ1v) is 5.67. The van der Waals surface area contributed by atoms with Gasteiger partial charge in [0.2, 0.25) is 0 Å². The lowest BCUT2D eigenvalue weighted by Crippen LogP contribution is -2.18. The molecule has 1 heterocycles. The van der Waals surface area contributed by atoms with Crippen LogP contribution in [0.3, 0.4) is 0 Å². The summed E-state index contributed by atoms with van der Waals surface area (Å²) < 4.78 is 5.67. The zero-order valence-electron chi connectivity index (χ0n) is 10.0. The van der Waals surface area contributed by atoms with E-state index < -0.39 is 0 Å². The SMILES string of the molecule is CCCCN(C)Cc1ccc(CNC)o1. The summed E-state index contributed by atoms with van der Waals surface area (Å²) in [5, 5.41) is 3.08. The van der Waals surface area contributed by atoms with Crippen LogP contribution in [0.15, 0.2) is 16.5 Å². The number of furan rings is 1. The van der Waals surface area contributed by atoms with Crippen molar-refractivity contribution in [2.45, 2.75) is 32.9 Å². The van der Waals surface area contributed by atoms with E-state index in [1.165, 1.54) is 12.8 Å². The fraction of sp³-hybridized carbons (Fsp3) is 0.667. The van der Waals surface area contributed by atoms with E-state index in [1.807, 2.05) is 13.1 Å². The number of rotatable bonds is 7. The first kappa shape index (κ1) is 12.3. The molecule has 0 spiro atoms. The van der Waals surface area contributed by atoms with Crippen molar-refractivity contribution in [1.29, 1.82) is 0 Å². The summed E-state index contributed by atoms with van der Waals surface area (Å²) in [6.07, 6.45) is 2.49. The molecule has 0 aliphatic carbocycles. The van der Waals surface area contributed by atoms with Crippen LogP contribution in [0, 0.1) is 0 Å². The van der Waals surface area contributed by atoms with Gasteiger partial charge in [-0.05, 0) is 39.2 Å². The van der Waals surface area contributed by atoms with Crippen LogP contribution in [-0.2, 0) is 13.1 Å². The van der Waals surface area contributed by atoms with Crippen LogP contribution in [-0.4, -0.2) is 25.5 Å². The third-order valence-corrected chi connectivity index (χ3v) is 2.39. The van der Waals surface area contributed by atoms with Crippen LogP contribution in [0.1, 0.15) is 31.3 Å². The van der Waals surface area contributed by atoms with Gasteiger partial charge in [-0.1, -0.05) is 13.3 Å². The van der Waals surface area contributed by atoms with E-state index in [4.69, 9.17) is 4.42 Å². The molecular weight excluding hydrogens is 188 g/mol. The summed E-state index contributed by atoms with van der Waals surface area (Å²) >= 11 is 0.